The van der Waals surface area contributed by atoms with Gasteiger partial charge in [0.1, 0.15) is 6.07 Å². The number of aromatic nitrogens is 2. The lowest BCUT2D eigenvalue weighted by Crippen LogP contribution is -2.42. The van der Waals surface area contributed by atoms with Crippen molar-refractivity contribution >= 4 is 5.57 Å². The predicted octanol–water partition coefficient (Wildman–Crippen LogP) is 2.82. The maximum Gasteiger partial charge on any atom is 0.173 e. The fraction of sp³-hybridized carbons (Fsp3) is 0.150. The molecule has 124 valence electrons. The Hall–Kier alpha value is -3.95. The Morgan fingerprint density at radius 1 is 1.08 bits per heavy atom. The van der Waals surface area contributed by atoms with Crippen LogP contribution in [-0.2, 0) is 5.54 Å². The monoisotopic (exact) mass is 338 g/mol. The molecule has 0 spiro atoms. The Balaban J connectivity index is 2.27. The van der Waals surface area contributed by atoms with Crippen molar-refractivity contribution in [2.45, 2.75) is 12.5 Å². The van der Waals surface area contributed by atoms with Crippen LogP contribution in [0, 0.1) is 39.9 Å². The van der Waals surface area contributed by atoms with E-state index < -0.39 is 11.5 Å². The molecule has 0 amide bonds. The van der Waals surface area contributed by atoms with Crippen LogP contribution < -0.4 is 5.32 Å². The van der Waals surface area contributed by atoms with E-state index >= 15 is 0 Å². The van der Waals surface area contributed by atoms with Gasteiger partial charge < -0.3 is 5.32 Å². The number of rotatable bonds is 3. The summed E-state index contributed by atoms with van der Waals surface area (Å²) >= 11 is 0. The highest BCUT2D eigenvalue weighted by Crippen LogP contribution is 2.38. The van der Waals surface area contributed by atoms with Gasteiger partial charge in [0.05, 0.1) is 34.6 Å². The SMILES string of the molecule is CC1(c2cccnc2)C=C(c2ccccn2)C(C#N)=C(C(C#N)C#N)N1. The molecule has 26 heavy (non-hydrogen) atoms. The molecule has 0 aromatic carbocycles. The van der Waals surface area contributed by atoms with Gasteiger partial charge in [-0.15, -0.1) is 0 Å². The van der Waals surface area contributed by atoms with E-state index in [4.69, 9.17) is 0 Å². The Kier molecular flexibility index (Phi) is 4.48. The van der Waals surface area contributed by atoms with Crippen LogP contribution in [0.5, 0.6) is 0 Å². The van der Waals surface area contributed by atoms with Crippen LogP contribution in [0.2, 0.25) is 0 Å². The summed E-state index contributed by atoms with van der Waals surface area (Å²) in [6.07, 6.45) is 6.91. The van der Waals surface area contributed by atoms with Crippen LogP contribution in [-0.4, -0.2) is 9.97 Å². The molecule has 2 aromatic heterocycles. The predicted molar refractivity (Wildman–Crippen MR) is 94.3 cm³/mol. The van der Waals surface area contributed by atoms with E-state index in [2.05, 4.69) is 21.4 Å². The molecule has 0 saturated carbocycles. The molecule has 1 aliphatic rings. The van der Waals surface area contributed by atoms with Gasteiger partial charge in [-0.2, -0.15) is 15.8 Å². The van der Waals surface area contributed by atoms with E-state index in [0.29, 0.717) is 11.3 Å². The van der Waals surface area contributed by atoms with E-state index in [9.17, 15) is 15.8 Å². The molecule has 0 radical (unpaired) electrons. The van der Waals surface area contributed by atoms with Crippen molar-refractivity contribution in [1.82, 2.24) is 15.3 Å². The van der Waals surface area contributed by atoms with Crippen LogP contribution in [0.4, 0.5) is 0 Å². The number of dihydropyridines is 1. The minimum atomic E-state index is -1.09. The zero-order chi connectivity index (χ0) is 18.6. The number of pyridine rings is 2. The highest BCUT2D eigenvalue weighted by Gasteiger charge is 2.36. The summed E-state index contributed by atoms with van der Waals surface area (Å²) in [6, 6.07) is 15.2. The summed E-state index contributed by atoms with van der Waals surface area (Å²) in [5.41, 5.74) is 1.82. The molecule has 1 atom stereocenters. The molecule has 1 N–H and O–H groups in total. The van der Waals surface area contributed by atoms with Gasteiger partial charge in [-0.25, -0.2) is 0 Å². The average molecular weight is 338 g/mol. The minimum Gasteiger partial charge on any atom is -0.373 e. The van der Waals surface area contributed by atoms with Crippen molar-refractivity contribution in [3.8, 4) is 18.2 Å². The molecule has 0 aliphatic carbocycles. The molecular weight excluding hydrogens is 324 g/mol. The highest BCUT2D eigenvalue weighted by molar-refractivity contribution is 5.84. The third-order valence-corrected chi connectivity index (χ3v) is 4.23. The van der Waals surface area contributed by atoms with Crippen molar-refractivity contribution < 1.29 is 0 Å². The lowest BCUT2D eigenvalue weighted by Gasteiger charge is -2.36. The number of nitriles is 3. The van der Waals surface area contributed by atoms with E-state index in [0.717, 1.165) is 5.56 Å². The van der Waals surface area contributed by atoms with E-state index in [-0.39, 0.29) is 11.3 Å². The summed E-state index contributed by atoms with van der Waals surface area (Å²) in [7, 11) is 0. The lowest BCUT2D eigenvalue weighted by molar-refractivity contribution is 0.484. The number of allylic oxidation sites excluding steroid dienone is 3. The molecule has 0 fully saturated rings. The van der Waals surface area contributed by atoms with Gasteiger partial charge in [0.15, 0.2) is 5.92 Å². The smallest absolute Gasteiger partial charge is 0.173 e. The van der Waals surface area contributed by atoms with Crippen LogP contribution in [0.3, 0.4) is 0 Å². The van der Waals surface area contributed by atoms with Crippen molar-refractivity contribution in [3.63, 3.8) is 0 Å². The third-order valence-electron chi connectivity index (χ3n) is 4.23. The number of nitrogens with zero attached hydrogens (tertiary/aromatic N) is 5. The summed E-state index contributed by atoms with van der Waals surface area (Å²) in [6.45, 7) is 1.91. The molecule has 6 heteroatoms. The molecule has 3 heterocycles. The average Bonchev–Trinajstić information content (AvgIpc) is 2.70. The molecule has 1 aliphatic heterocycles. The summed E-state index contributed by atoms with van der Waals surface area (Å²) in [4.78, 5) is 8.50. The van der Waals surface area contributed by atoms with Gasteiger partial charge in [0.25, 0.3) is 0 Å². The fourth-order valence-electron chi connectivity index (χ4n) is 2.93. The Morgan fingerprint density at radius 3 is 2.46 bits per heavy atom. The van der Waals surface area contributed by atoms with Gasteiger partial charge in [-0.05, 0) is 36.8 Å². The second-order valence-electron chi connectivity index (χ2n) is 5.93. The first kappa shape index (κ1) is 16.9. The second-order valence-corrected chi connectivity index (χ2v) is 5.93. The summed E-state index contributed by atoms with van der Waals surface area (Å²) in [5, 5.41) is 31.7. The van der Waals surface area contributed by atoms with Crippen molar-refractivity contribution in [3.05, 3.63) is 77.5 Å². The zero-order valence-electron chi connectivity index (χ0n) is 14.0. The minimum absolute atomic E-state index is 0.248. The quantitative estimate of drug-likeness (QED) is 0.921. The van der Waals surface area contributed by atoms with Crippen LogP contribution in [0.15, 0.2) is 66.3 Å². The Morgan fingerprint density at radius 2 is 1.88 bits per heavy atom. The second kappa shape index (κ2) is 6.89. The molecule has 3 rings (SSSR count). The zero-order valence-corrected chi connectivity index (χ0v) is 14.0. The molecule has 0 saturated heterocycles. The normalized spacial score (nSPS) is 19.0. The van der Waals surface area contributed by atoms with Crippen LogP contribution >= 0.6 is 0 Å². The van der Waals surface area contributed by atoms with E-state index in [1.54, 1.807) is 30.7 Å². The van der Waals surface area contributed by atoms with Crippen molar-refractivity contribution in [2.75, 3.05) is 0 Å². The molecule has 6 nitrogen and oxygen atoms in total. The summed E-state index contributed by atoms with van der Waals surface area (Å²) in [5.74, 6) is -1.09. The van der Waals surface area contributed by atoms with Gasteiger partial charge in [-0.3, -0.25) is 9.97 Å². The van der Waals surface area contributed by atoms with Gasteiger partial charge in [0.2, 0.25) is 0 Å². The first-order chi connectivity index (χ1) is 12.6. The number of hydrogen-bond acceptors (Lipinski definition) is 6. The molecule has 0 bridgehead atoms. The van der Waals surface area contributed by atoms with Gasteiger partial charge in [0, 0.05) is 24.2 Å². The maximum atomic E-state index is 9.73. The standard InChI is InChI=1S/C20H14N6/c1-20(15-5-4-7-24-13-15)9-16(18-6-2-3-8-25-18)17(12-23)19(26-20)14(10-21)11-22/h2-9,13-14,26H,1H3. The first-order valence-corrected chi connectivity index (χ1v) is 7.90. The largest absolute Gasteiger partial charge is 0.373 e. The molecule has 2 aromatic rings. The Bertz CT molecular complexity index is 988. The first-order valence-electron chi connectivity index (χ1n) is 7.90. The fourth-order valence-corrected chi connectivity index (χ4v) is 2.93. The van der Waals surface area contributed by atoms with Crippen LogP contribution in [0.25, 0.3) is 5.57 Å². The molecular formula is C20H14N6. The van der Waals surface area contributed by atoms with Gasteiger partial charge >= 0.3 is 0 Å². The maximum absolute atomic E-state index is 9.73. The summed E-state index contributed by atoms with van der Waals surface area (Å²) < 4.78 is 0. The Labute approximate surface area is 151 Å². The van der Waals surface area contributed by atoms with Gasteiger partial charge in [-0.1, -0.05) is 12.1 Å². The van der Waals surface area contributed by atoms with Crippen LogP contribution in [0.1, 0.15) is 18.2 Å². The molecule has 1 unspecified atom stereocenters. The topological polar surface area (TPSA) is 109 Å². The lowest BCUT2D eigenvalue weighted by atomic mass is 9.81. The van der Waals surface area contributed by atoms with Crippen molar-refractivity contribution in [2.24, 2.45) is 5.92 Å². The van der Waals surface area contributed by atoms with Crippen molar-refractivity contribution in [1.29, 1.82) is 15.8 Å². The number of hydrogen-bond donors (Lipinski definition) is 1. The number of nitrogens with one attached hydrogen (secondary N) is 1. The van der Waals surface area contributed by atoms with E-state index in [1.807, 2.05) is 43.3 Å². The van der Waals surface area contributed by atoms with E-state index in [1.165, 1.54) is 0 Å². The third kappa shape index (κ3) is 2.90. The highest BCUT2D eigenvalue weighted by atomic mass is 15.0.